The number of nitrogens with zero attached hydrogens (tertiary/aromatic N) is 1. The van der Waals surface area contributed by atoms with E-state index >= 15 is 0 Å². The number of hydrogen-bond acceptors (Lipinski definition) is 3. The van der Waals surface area contributed by atoms with E-state index in [0.29, 0.717) is 16.3 Å². The van der Waals surface area contributed by atoms with Gasteiger partial charge in [-0.15, -0.1) is 11.6 Å². The Balaban J connectivity index is 2.24. The van der Waals surface area contributed by atoms with Crippen LogP contribution in [0.5, 0.6) is 5.75 Å². The van der Waals surface area contributed by atoms with Gasteiger partial charge in [0.25, 0.3) is 5.69 Å². The molecule has 7 heteroatoms. The molecule has 2 aromatic rings. The van der Waals surface area contributed by atoms with Gasteiger partial charge in [0, 0.05) is 21.1 Å². The molecule has 2 aromatic carbocycles. The minimum atomic E-state index is -0.459. The smallest absolute Gasteiger partial charge is 0.276 e. The van der Waals surface area contributed by atoms with Crippen molar-refractivity contribution >= 4 is 44.8 Å². The van der Waals surface area contributed by atoms with Crippen molar-refractivity contribution in [3.8, 4) is 5.75 Å². The minimum absolute atomic E-state index is 0.0241. The molecule has 0 amide bonds. The molecule has 0 aromatic heterocycles. The fourth-order valence-corrected chi connectivity index (χ4v) is 2.61. The first kappa shape index (κ1) is 16.1. The molecule has 0 N–H and O–H groups in total. The lowest BCUT2D eigenvalue weighted by atomic mass is 10.2. The lowest BCUT2D eigenvalue weighted by Gasteiger charge is -2.11. The SMILES string of the molecule is O=[N+]([O-])c1ccc(Cl)cc1COc1ccc(Br)cc1CCl. The van der Waals surface area contributed by atoms with Gasteiger partial charge in [0.15, 0.2) is 0 Å². The number of alkyl halides is 1. The third kappa shape index (κ3) is 4.09. The molecule has 0 unspecified atom stereocenters. The number of benzene rings is 2. The van der Waals surface area contributed by atoms with Crippen LogP contribution >= 0.6 is 39.1 Å². The van der Waals surface area contributed by atoms with Crippen molar-refractivity contribution in [1.29, 1.82) is 0 Å². The molecule has 2 rings (SSSR count). The average molecular weight is 391 g/mol. The van der Waals surface area contributed by atoms with Crippen molar-refractivity contribution in [1.82, 2.24) is 0 Å². The van der Waals surface area contributed by atoms with E-state index in [4.69, 9.17) is 27.9 Å². The normalized spacial score (nSPS) is 10.4. The van der Waals surface area contributed by atoms with Crippen molar-refractivity contribution in [2.24, 2.45) is 0 Å². The van der Waals surface area contributed by atoms with Crippen molar-refractivity contribution in [2.45, 2.75) is 12.5 Å². The van der Waals surface area contributed by atoms with Gasteiger partial charge in [0.2, 0.25) is 0 Å². The van der Waals surface area contributed by atoms with Crippen LogP contribution in [-0.4, -0.2) is 4.92 Å². The topological polar surface area (TPSA) is 52.4 Å². The first-order valence-electron chi connectivity index (χ1n) is 5.91. The molecule has 0 aliphatic carbocycles. The van der Waals surface area contributed by atoms with Crippen LogP contribution in [0.25, 0.3) is 0 Å². The standard InChI is InChI=1S/C14H10BrCl2NO3/c15-11-1-4-14(9(5-11)7-16)21-8-10-6-12(17)2-3-13(10)18(19)20/h1-6H,7-8H2. The minimum Gasteiger partial charge on any atom is -0.488 e. The highest BCUT2D eigenvalue weighted by molar-refractivity contribution is 9.10. The van der Waals surface area contributed by atoms with E-state index < -0.39 is 4.92 Å². The van der Waals surface area contributed by atoms with E-state index in [1.54, 1.807) is 6.07 Å². The Hall–Kier alpha value is -1.30. The molecular weight excluding hydrogens is 381 g/mol. The maximum absolute atomic E-state index is 11.0. The van der Waals surface area contributed by atoms with Gasteiger partial charge in [-0.1, -0.05) is 27.5 Å². The molecule has 0 saturated heterocycles. The third-order valence-corrected chi connectivity index (χ3v) is 3.80. The molecule has 0 aliphatic heterocycles. The summed E-state index contributed by atoms with van der Waals surface area (Å²) >= 11 is 15.1. The van der Waals surface area contributed by atoms with Crippen LogP contribution in [0.3, 0.4) is 0 Å². The zero-order valence-electron chi connectivity index (χ0n) is 10.7. The van der Waals surface area contributed by atoms with Crippen molar-refractivity contribution < 1.29 is 9.66 Å². The lowest BCUT2D eigenvalue weighted by Crippen LogP contribution is -2.02. The lowest BCUT2D eigenvalue weighted by molar-refractivity contribution is -0.385. The van der Waals surface area contributed by atoms with Crippen LogP contribution in [0.15, 0.2) is 40.9 Å². The number of nitro benzene ring substituents is 1. The first-order valence-corrected chi connectivity index (χ1v) is 7.62. The van der Waals surface area contributed by atoms with Gasteiger partial charge in [-0.2, -0.15) is 0 Å². The molecule has 110 valence electrons. The Morgan fingerprint density at radius 3 is 2.62 bits per heavy atom. The van der Waals surface area contributed by atoms with E-state index in [-0.39, 0.29) is 18.2 Å². The maximum Gasteiger partial charge on any atom is 0.276 e. The summed E-state index contributed by atoms with van der Waals surface area (Å²) in [5.41, 5.74) is 1.19. The van der Waals surface area contributed by atoms with Gasteiger partial charge in [0.05, 0.1) is 16.4 Å². The molecule has 0 bridgehead atoms. The molecule has 0 spiro atoms. The Morgan fingerprint density at radius 1 is 1.19 bits per heavy atom. The van der Waals surface area contributed by atoms with E-state index in [2.05, 4.69) is 15.9 Å². The van der Waals surface area contributed by atoms with Crippen molar-refractivity contribution in [3.63, 3.8) is 0 Å². The summed E-state index contributed by atoms with van der Waals surface area (Å²) < 4.78 is 6.53. The molecule has 0 atom stereocenters. The van der Waals surface area contributed by atoms with Crippen LogP contribution in [-0.2, 0) is 12.5 Å². The molecule has 4 nitrogen and oxygen atoms in total. The molecule has 21 heavy (non-hydrogen) atoms. The van der Waals surface area contributed by atoms with Crippen molar-refractivity contribution in [3.05, 3.63) is 67.1 Å². The van der Waals surface area contributed by atoms with Crippen LogP contribution in [0.1, 0.15) is 11.1 Å². The number of hydrogen-bond donors (Lipinski definition) is 0. The maximum atomic E-state index is 11.0. The molecular formula is C14H10BrCl2NO3. The Bertz CT molecular complexity index is 679. The van der Waals surface area contributed by atoms with Crippen molar-refractivity contribution in [2.75, 3.05) is 0 Å². The van der Waals surface area contributed by atoms with Gasteiger partial charge in [-0.05, 0) is 30.3 Å². The Labute approximate surface area is 139 Å². The van der Waals surface area contributed by atoms with Gasteiger partial charge >= 0.3 is 0 Å². The first-order chi connectivity index (χ1) is 10.0. The summed E-state index contributed by atoms with van der Waals surface area (Å²) in [5.74, 6) is 0.870. The average Bonchev–Trinajstić information content (AvgIpc) is 2.45. The Morgan fingerprint density at radius 2 is 1.95 bits per heavy atom. The second-order valence-corrected chi connectivity index (χ2v) is 5.82. The quantitative estimate of drug-likeness (QED) is 0.394. The summed E-state index contributed by atoms with van der Waals surface area (Å²) in [6.45, 7) is 0.0440. The van der Waals surface area contributed by atoms with Crippen LogP contribution in [0, 0.1) is 10.1 Å². The molecule has 0 fully saturated rings. The highest BCUT2D eigenvalue weighted by Crippen LogP contribution is 2.28. The monoisotopic (exact) mass is 389 g/mol. The van der Waals surface area contributed by atoms with Gasteiger partial charge < -0.3 is 4.74 Å². The van der Waals surface area contributed by atoms with E-state index in [9.17, 15) is 10.1 Å². The van der Waals surface area contributed by atoms with Gasteiger partial charge in [-0.25, -0.2) is 0 Å². The van der Waals surface area contributed by atoms with E-state index in [0.717, 1.165) is 10.0 Å². The fraction of sp³-hybridized carbons (Fsp3) is 0.143. The molecule has 0 saturated carbocycles. The van der Waals surface area contributed by atoms with Crippen LogP contribution < -0.4 is 4.74 Å². The predicted octanol–water partition coefficient (Wildman–Crippen LogP) is 5.33. The zero-order valence-corrected chi connectivity index (χ0v) is 13.8. The molecule has 0 heterocycles. The summed E-state index contributed by atoms with van der Waals surface area (Å²) in [4.78, 5) is 10.5. The highest BCUT2D eigenvalue weighted by atomic mass is 79.9. The highest BCUT2D eigenvalue weighted by Gasteiger charge is 2.15. The summed E-state index contributed by atoms with van der Waals surface area (Å²) in [5, 5.41) is 11.4. The number of halogens is 3. The largest absolute Gasteiger partial charge is 0.488 e. The number of rotatable bonds is 5. The van der Waals surface area contributed by atoms with E-state index in [1.165, 1.54) is 18.2 Å². The second-order valence-electron chi connectivity index (χ2n) is 4.20. The third-order valence-electron chi connectivity index (χ3n) is 2.79. The van der Waals surface area contributed by atoms with Crippen LogP contribution in [0.4, 0.5) is 5.69 Å². The van der Waals surface area contributed by atoms with E-state index in [1.807, 2.05) is 12.1 Å². The zero-order chi connectivity index (χ0) is 15.4. The van der Waals surface area contributed by atoms with Gasteiger partial charge in [-0.3, -0.25) is 10.1 Å². The fourth-order valence-electron chi connectivity index (χ4n) is 1.80. The summed E-state index contributed by atoms with van der Waals surface area (Å²) in [6.07, 6.45) is 0. The molecule has 0 radical (unpaired) electrons. The summed E-state index contributed by atoms with van der Waals surface area (Å²) in [7, 11) is 0. The molecule has 0 aliphatic rings. The Kier molecular flexibility index (Phi) is 5.45. The second kappa shape index (κ2) is 7.11. The summed E-state index contributed by atoms with van der Waals surface area (Å²) in [6, 6.07) is 9.79. The number of nitro groups is 1. The van der Waals surface area contributed by atoms with Gasteiger partial charge in [0.1, 0.15) is 12.4 Å². The van der Waals surface area contributed by atoms with Crippen LogP contribution in [0.2, 0.25) is 5.02 Å². The number of ether oxygens (including phenoxy) is 1. The predicted molar refractivity (Wildman–Crippen MR) is 86.1 cm³/mol.